The van der Waals surface area contributed by atoms with Gasteiger partial charge in [-0.3, -0.25) is 0 Å². The van der Waals surface area contributed by atoms with E-state index in [1.165, 1.54) is 0 Å². The summed E-state index contributed by atoms with van der Waals surface area (Å²) in [5.41, 5.74) is 0.785. The third-order valence-corrected chi connectivity index (χ3v) is 7.18. The van der Waals surface area contributed by atoms with E-state index in [9.17, 15) is 8.42 Å². The minimum atomic E-state index is -3.51. The van der Waals surface area contributed by atoms with Crippen molar-refractivity contribution in [2.75, 3.05) is 26.9 Å². The van der Waals surface area contributed by atoms with Crippen LogP contribution in [0.2, 0.25) is 0 Å². The molecule has 3 atom stereocenters. The quantitative estimate of drug-likeness (QED) is 0.844. The summed E-state index contributed by atoms with van der Waals surface area (Å²) < 4.78 is 39.3. The Morgan fingerprint density at radius 3 is 2.78 bits per heavy atom. The number of aryl methyl sites for hydroxylation is 1. The SMILES string of the molecule is CO[C@@H]1CCC[C@H]1[C@@H]1COCCN1S(=O)(=O)c1ccccc1C. The maximum Gasteiger partial charge on any atom is 0.243 e. The van der Waals surface area contributed by atoms with Crippen molar-refractivity contribution in [2.45, 2.75) is 43.2 Å². The van der Waals surface area contributed by atoms with Crippen molar-refractivity contribution in [1.82, 2.24) is 4.31 Å². The molecule has 0 radical (unpaired) electrons. The second kappa shape index (κ2) is 6.89. The number of sulfonamides is 1. The van der Waals surface area contributed by atoms with E-state index in [1.807, 2.05) is 19.1 Å². The molecule has 0 N–H and O–H groups in total. The summed E-state index contributed by atoms with van der Waals surface area (Å²) in [6, 6.07) is 7.04. The van der Waals surface area contributed by atoms with Gasteiger partial charge < -0.3 is 9.47 Å². The number of benzene rings is 1. The third-order valence-electron chi connectivity index (χ3n) is 5.10. The van der Waals surface area contributed by atoms with E-state index in [1.54, 1.807) is 23.5 Å². The van der Waals surface area contributed by atoms with Crippen molar-refractivity contribution in [3.05, 3.63) is 29.8 Å². The largest absolute Gasteiger partial charge is 0.381 e. The molecule has 0 aromatic heterocycles. The second-order valence-electron chi connectivity index (χ2n) is 6.39. The van der Waals surface area contributed by atoms with Gasteiger partial charge in [0.15, 0.2) is 0 Å². The summed E-state index contributed by atoms with van der Waals surface area (Å²) in [5.74, 6) is 0.207. The molecule has 1 aromatic carbocycles. The van der Waals surface area contributed by atoms with Crippen LogP contribution in [0.3, 0.4) is 0 Å². The number of rotatable bonds is 4. The molecule has 1 saturated heterocycles. The van der Waals surface area contributed by atoms with Gasteiger partial charge in [0.25, 0.3) is 0 Å². The van der Waals surface area contributed by atoms with Crippen LogP contribution in [-0.2, 0) is 19.5 Å². The Bertz CT molecular complexity index is 646. The first-order valence-corrected chi connectivity index (χ1v) is 9.67. The Labute approximate surface area is 138 Å². The first-order valence-electron chi connectivity index (χ1n) is 8.23. The van der Waals surface area contributed by atoms with E-state index in [0.29, 0.717) is 24.7 Å². The molecule has 1 saturated carbocycles. The molecule has 128 valence electrons. The fourth-order valence-electron chi connectivity index (χ4n) is 3.90. The van der Waals surface area contributed by atoms with Crippen molar-refractivity contribution in [2.24, 2.45) is 5.92 Å². The van der Waals surface area contributed by atoms with Crippen LogP contribution >= 0.6 is 0 Å². The highest BCUT2D eigenvalue weighted by Gasteiger charge is 2.43. The number of methoxy groups -OCH3 is 1. The highest BCUT2D eigenvalue weighted by atomic mass is 32.2. The zero-order valence-electron chi connectivity index (χ0n) is 13.8. The summed E-state index contributed by atoms with van der Waals surface area (Å²) in [5, 5.41) is 0. The van der Waals surface area contributed by atoms with Crippen molar-refractivity contribution in [3.63, 3.8) is 0 Å². The van der Waals surface area contributed by atoms with E-state index in [2.05, 4.69) is 0 Å². The molecule has 0 bridgehead atoms. The minimum Gasteiger partial charge on any atom is -0.381 e. The van der Waals surface area contributed by atoms with Crippen molar-refractivity contribution < 1.29 is 17.9 Å². The fraction of sp³-hybridized carbons (Fsp3) is 0.647. The van der Waals surface area contributed by atoms with E-state index in [-0.39, 0.29) is 18.1 Å². The molecule has 6 heteroatoms. The number of hydrogen-bond donors (Lipinski definition) is 0. The molecule has 5 nitrogen and oxygen atoms in total. The summed E-state index contributed by atoms with van der Waals surface area (Å²) in [7, 11) is -1.80. The van der Waals surface area contributed by atoms with Crippen LogP contribution in [0.5, 0.6) is 0 Å². The molecular formula is C17H25NO4S. The van der Waals surface area contributed by atoms with E-state index >= 15 is 0 Å². The van der Waals surface area contributed by atoms with Gasteiger partial charge in [0.1, 0.15) is 0 Å². The molecule has 2 aliphatic rings. The summed E-state index contributed by atoms with van der Waals surface area (Å²) in [4.78, 5) is 0.402. The molecule has 1 aromatic rings. The minimum absolute atomic E-state index is 0.122. The first kappa shape index (κ1) is 16.9. The normalized spacial score (nSPS) is 29.7. The zero-order valence-corrected chi connectivity index (χ0v) is 14.6. The lowest BCUT2D eigenvalue weighted by Gasteiger charge is -2.39. The Morgan fingerprint density at radius 2 is 2.04 bits per heavy atom. The number of hydrogen-bond acceptors (Lipinski definition) is 4. The predicted molar refractivity (Wildman–Crippen MR) is 87.8 cm³/mol. The molecule has 1 heterocycles. The average Bonchev–Trinajstić information content (AvgIpc) is 3.03. The third kappa shape index (κ3) is 3.18. The van der Waals surface area contributed by atoms with Gasteiger partial charge in [-0.15, -0.1) is 0 Å². The lowest BCUT2D eigenvalue weighted by atomic mass is 9.96. The molecule has 1 aliphatic carbocycles. The van der Waals surface area contributed by atoms with E-state index in [0.717, 1.165) is 24.8 Å². The predicted octanol–water partition coefficient (Wildman–Crippen LogP) is 2.20. The van der Waals surface area contributed by atoms with Gasteiger partial charge >= 0.3 is 0 Å². The first-order chi connectivity index (χ1) is 11.1. The Hall–Kier alpha value is -0.950. The van der Waals surface area contributed by atoms with Gasteiger partial charge in [-0.25, -0.2) is 8.42 Å². The van der Waals surface area contributed by atoms with Crippen LogP contribution in [0.1, 0.15) is 24.8 Å². The van der Waals surface area contributed by atoms with Gasteiger partial charge in [0.2, 0.25) is 10.0 Å². The molecule has 23 heavy (non-hydrogen) atoms. The van der Waals surface area contributed by atoms with E-state index in [4.69, 9.17) is 9.47 Å². The molecule has 0 unspecified atom stereocenters. The molecule has 0 spiro atoms. The molecular weight excluding hydrogens is 314 g/mol. The molecule has 0 amide bonds. The number of morpholine rings is 1. The maximum atomic E-state index is 13.2. The number of nitrogens with zero attached hydrogens (tertiary/aromatic N) is 1. The summed E-state index contributed by atoms with van der Waals surface area (Å²) in [6.07, 6.45) is 3.19. The van der Waals surface area contributed by atoms with Crippen LogP contribution in [0.4, 0.5) is 0 Å². The highest BCUT2D eigenvalue weighted by molar-refractivity contribution is 7.89. The Kier molecular flexibility index (Phi) is 5.06. The smallest absolute Gasteiger partial charge is 0.243 e. The van der Waals surface area contributed by atoms with E-state index < -0.39 is 10.0 Å². The lowest BCUT2D eigenvalue weighted by Crippen LogP contribution is -2.53. The Morgan fingerprint density at radius 1 is 1.26 bits per heavy atom. The van der Waals surface area contributed by atoms with Gasteiger partial charge in [0, 0.05) is 19.6 Å². The van der Waals surface area contributed by atoms with Gasteiger partial charge in [-0.05, 0) is 31.4 Å². The van der Waals surface area contributed by atoms with Crippen molar-refractivity contribution >= 4 is 10.0 Å². The number of ether oxygens (including phenoxy) is 2. The zero-order chi connectivity index (χ0) is 16.4. The highest BCUT2D eigenvalue weighted by Crippen LogP contribution is 2.36. The Balaban J connectivity index is 1.94. The molecule has 1 aliphatic heterocycles. The lowest BCUT2D eigenvalue weighted by molar-refractivity contribution is -0.0260. The van der Waals surface area contributed by atoms with Gasteiger partial charge in [-0.1, -0.05) is 24.6 Å². The van der Waals surface area contributed by atoms with Crippen LogP contribution in [0.25, 0.3) is 0 Å². The van der Waals surface area contributed by atoms with Gasteiger partial charge in [0.05, 0.1) is 30.3 Å². The van der Waals surface area contributed by atoms with Crippen LogP contribution < -0.4 is 0 Å². The van der Waals surface area contributed by atoms with Crippen LogP contribution in [-0.4, -0.2) is 51.7 Å². The van der Waals surface area contributed by atoms with Crippen LogP contribution in [0, 0.1) is 12.8 Å². The average molecular weight is 339 g/mol. The molecule has 3 rings (SSSR count). The summed E-state index contributed by atoms with van der Waals surface area (Å²) in [6.45, 7) is 3.16. The monoisotopic (exact) mass is 339 g/mol. The molecule has 2 fully saturated rings. The maximum absolute atomic E-state index is 13.2. The van der Waals surface area contributed by atoms with Crippen molar-refractivity contribution in [1.29, 1.82) is 0 Å². The second-order valence-corrected chi connectivity index (χ2v) is 8.25. The van der Waals surface area contributed by atoms with Gasteiger partial charge in [-0.2, -0.15) is 4.31 Å². The topological polar surface area (TPSA) is 55.8 Å². The van der Waals surface area contributed by atoms with Crippen LogP contribution in [0.15, 0.2) is 29.2 Å². The standard InChI is InChI=1S/C17H25NO4S/c1-13-6-3-4-9-17(13)23(19,20)18-10-11-22-12-15(18)14-7-5-8-16(14)21-2/h3-4,6,9,14-16H,5,7-8,10-12H2,1-2H3/t14-,15-,16+/m0/s1. The van der Waals surface area contributed by atoms with Crippen molar-refractivity contribution in [3.8, 4) is 0 Å². The fourth-order valence-corrected chi connectivity index (χ4v) is 5.77. The summed E-state index contributed by atoms with van der Waals surface area (Å²) >= 11 is 0.